The van der Waals surface area contributed by atoms with Gasteiger partial charge in [0.1, 0.15) is 68.1 Å². The first-order chi connectivity index (χ1) is 33.4. The van der Waals surface area contributed by atoms with Gasteiger partial charge in [0, 0.05) is 77.2 Å². The first kappa shape index (κ1) is 52.4. The second kappa shape index (κ2) is 22.0. The Kier molecular flexibility index (Phi) is 16.5. The first-order valence-electron chi connectivity index (χ1n) is 23.2. The Bertz CT molecular complexity index is 2450. The second-order valence-electron chi connectivity index (χ2n) is 18.5. The standard InChI is InChI=1S/C46H66N10O13S/c1-56-27-13-21(50)7-9-23(27)22-8-6-20(49)12-24(22)33(56)18-2-4-19(5-3-18)43(63)55-10-11-70-17-30-41(68-45-32(54)38(61)36(59)29(16-48)65-45)39(62)46(66-30)69-42-34(57)25(51)14-26(52)40(42)67-44-31(53)37(60)35(58)28(15-47)64-44/h2-9,12-13,25-26,28-32,34-42,44-46,50,57-62H,10-11,14-17,47-48,51-54H2,1H3,(H3,49,55,63)/p+1/t25-,26?,28?,29+,30-,31?,32?,34?,35-,36-,37-,38?,39+,40-,41+,42-,44-,45-,46?/m1/s1. The number of pyridine rings is 1. The summed E-state index contributed by atoms with van der Waals surface area (Å²) in [5.74, 6) is 0.235. The van der Waals surface area contributed by atoms with E-state index in [0.29, 0.717) is 22.7 Å². The lowest BCUT2D eigenvalue weighted by molar-refractivity contribution is -0.632. The number of aliphatic hydroxyl groups is 6. The smallest absolute Gasteiger partial charge is 0.251 e. The number of aliphatic hydroxyl groups excluding tert-OH is 6. The molecule has 0 spiro atoms. The van der Waals surface area contributed by atoms with Crippen molar-refractivity contribution in [1.82, 2.24) is 5.32 Å². The van der Waals surface area contributed by atoms with E-state index in [1.165, 1.54) is 11.8 Å². The lowest BCUT2D eigenvalue weighted by Crippen LogP contribution is -2.68. The summed E-state index contributed by atoms with van der Waals surface area (Å²) in [6.45, 7) is -0.118. The van der Waals surface area contributed by atoms with Gasteiger partial charge in [-0.1, -0.05) is 6.07 Å². The maximum absolute atomic E-state index is 13.4. The van der Waals surface area contributed by atoms with Crippen LogP contribution >= 0.6 is 11.8 Å². The van der Waals surface area contributed by atoms with Crippen LogP contribution in [0.3, 0.4) is 0 Å². The molecule has 384 valence electrons. The quantitative estimate of drug-likeness (QED) is 0.0230. The number of anilines is 2. The van der Waals surface area contributed by atoms with Gasteiger partial charge < -0.3 is 110 Å². The van der Waals surface area contributed by atoms with Crippen molar-refractivity contribution in [3.8, 4) is 11.3 Å². The van der Waals surface area contributed by atoms with E-state index in [1.807, 2.05) is 55.6 Å². The number of rotatable bonds is 15. The molecule has 3 aromatic carbocycles. The van der Waals surface area contributed by atoms with Gasteiger partial charge in [-0.2, -0.15) is 16.3 Å². The molecule has 23 N–H and O–H groups in total. The predicted molar refractivity (Wildman–Crippen MR) is 258 cm³/mol. The molecular weight excluding hydrogens is 933 g/mol. The average Bonchev–Trinajstić information content (AvgIpc) is 3.63. The number of hydrogen-bond acceptors (Lipinski definition) is 22. The lowest BCUT2D eigenvalue weighted by atomic mass is 9.84. The highest BCUT2D eigenvalue weighted by Gasteiger charge is 2.54. The van der Waals surface area contributed by atoms with Crippen molar-refractivity contribution in [2.45, 2.75) is 123 Å². The number of nitrogen functional groups attached to an aromatic ring is 2. The number of nitrogens with two attached hydrogens (primary N) is 8. The summed E-state index contributed by atoms with van der Waals surface area (Å²) >= 11 is 1.36. The van der Waals surface area contributed by atoms with E-state index in [9.17, 15) is 35.4 Å². The van der Waals surface area contributed by atoms with E-state index >= 15 is 0 Å². The van der Waals surface area contributed by atoms with Crippen LogP contribution in [0.25, 0.3) is 32.9 Å². The number of fused-ring (bicyclic) bond motifs is 3. The Morgan fingerprint density at radius 1 is 0.657 bits per heavy atom. The normalized spacial score (nSPS) is 37.0. The molecule has 1 amide bonds. The monoisotopic (exact) mass is 999 g/mol. The minimum atomic E-state index is -1.59. The minimum absolute atomic E-state index is 0.0707. The van der Waals surface area contributed by atoms with Gasteiger partial charge in [-0.3, -0.25) is 4.79 Å². The van der Waals surface area contributed by atoms with Crippen molar-refractivity contribution in [3.05, 3.63) is 66.2 Å². The number of thioether (sulfide) groups is 1. The summed E-state index contributed by atoms with van der Waals surface area (Å²) in [6, 6.07) is 14.5. The molecule has 1 saturated carbocycles. The number of ether oxygens (including phenoxy) is 6. The first-order valence-corrected chi connectivity index (χ1v) is 24.4. The molecule has 3 saturated heterocycles. The number of aromatic nitrogens is 1. The van der Waals surface area contributed by atoms with Gasteiger partial charge in [-0.15, -0.1) is 0 Å². The molecule has 1 aromatic heterocycles. The van der Waals surface area contributed by atoms with E-state index in [-0.39, 0.29) is 37.7 Å². The molecule has 4 aromatic rings. The van der Waals surface area contributed by atoms with Gasteiger partial charge in [-0.05, 0) is 55.0 Å². The maximum atomic E-state index is 13.4. The summed E-state index contributed by atoms with van der Waals surface area (Å²) in [4.78, 5) is 13.4. The molecule has 3 aliphatic heterocycles. The van der Waals surface area contributed by atoms with Crippen molar-refractivity contribution in [2.24, 2.45) is 41.4 Å². The number of carbonyl (C=O) groups excluding carboxylic acids is 1. The average molecular weight is 1000 g/mol. The Morgan fingerprint density at radius 3 is 1.83 bits per heavy atom. The largest absolute Gasteiger partial charge is 0.399 e. The fraction of sp³-hybridized carbons (Fsp3) is 0.565. The van der Waals surface area contributed by atoms with Gasteiger partial charge in [0.05, 0.1) is 35.1 Å². The number of amides is 1. The zero-order valence-electron chi connectivity index (χ0n) is 38.5. The van der Waals surface area contributed by atoms with Crippen LogP contribution in [0.2, 0.25) is 0 Å². The van der Waals surface area contributed by atoms with Crippen LogP contribution in [-0.4, -0.2) is 184 Å². The Balaban J connectivity index is 0.944. The Hall–Kier alpha value is -3.97. The fourth-order valence-electron chi connectivity index (χ4n) is 9.74. The van der Waals surface area contributed by atoms with Crippen LogP contribution in [0.1, 0.15) is 16.8 Å². The molecule has 24 heteroatoms. The zero-order valence-corrected chi connectivity index (χ0v) is 39.3. The molecule has 70 heavy (non-hydrogen) atoms. The van der Waals surface area contributed by atoms with E-state index in [1.54, 1.807) is 12.1 Å². The third kappa shape index (κ3) is 10.4. The molecule has 0 bridgehead atoms. The molecular formula is C46H67N10O13S+. The lowest BCUT2D eigenvalue weighted by Gasteiger charge is -2.47. The molecule has 4 fully saturated rings. The summed E-state index contributed by atoms with van der Waals surface area (Å²) in [6.07, 6.45) is -19.8. The molecule has 0 radical (unpaired) electrons. The number of benzene rings is 3. The highest BCUT2D eigenvalue weighted by molar-refractivity contribution is 7.99. The highest BCUT2D eigenvalue weighted by atomic mass is 32.2. The van der Waals surface area contributed by atoms with Gasteiger partial charge in [0.25, 0.3) is 5.91 Å². The molecule has 4 heterocycles. The summed E-state index contributed by atoms with van der Waals surface area (Å²) in [7, 11) is 1.96. The summed E-state index contributed by atoms with van der Waals surface area (Å²) in [5, 5.41) is 71.5. The third-order valence-corrected chi connectivity index (χ3v) is 14.8. The van der Waals surface area contributed by atoms with Gasteiger partial charge in [0.2, 0.25) is 11.2 Å². The SMILES string of the molecule is C[n+]1c(-c2ccc(C(=O)NCCSC[C@H]3OC(O[C@@H]4C(O)[C@H](N)CC(N)[C@H]4O[C@H]4OC(CN)[C@@H](O)[C@H](O)C4N)[C@@H](O)[C@H]3O[C@H]3O[C@@H](CN)[C@@H](O)C(O)C3N)cc2)c2cc(N)ccc2c2ccc(N)cc21. The summed E-state index contributed by atoms with van der Waals surface area (Å²) < 4.78 is 38.7. The molecule has 7 unspecified atom stereocenters. The van der Waals surface area contributed by atoms with Gasteiger partial charge in [0.15, 0.2) is 18.9 Å². The maximum Gasteiger partial charge on any atom is 0.251 e. The molecule has 19 atom stereocenters. The molecule has 4 aliphatic rings. The molecule has 8 rings (SSSR count). The van der Waals surface area contributed by atoms with E-state index in [0.717, 1.165) is 32.9 Å². The summed E-state index contributed by atoms with van der Waals surface area (Å²) in [5.41, 5.74) is 53.6. The van der Waals surface area contributed by atoms with Crippen molar-refractivity contribution >= 4 is 50.7 Å². The predicted octanol–water partition coefficient (Wildman–Crippen LogP) is -4.76. The molecule has 23 nitrogen and oxygen atoms in total. The van der Waals surface area contributed by atoms with Crippen molar-refractivity contribution in [1.29, 1.82) is 0 Å². The number of nitrogens with one attached hydrogen (secondary N) is 1. The van der Waals surface area contributed by atoms with Gasteiger partial charge >= 0.3 is 0 Å². The Labute approximate surface area is 407 Å². The number of nitrogens with zero attached hydrogens (tertiary/aromatic N) is 1. The topological polar surface area (TPSA) is 418 Å². The molecule has 1 aliphatic carbocycles. The minimum Gasteiger partial charge on any atom is -0.399 e. The third-order valence-electron chi connectivity index (χ3n) is 13.7. The van der Waals surface area contributed by atoms with Crippen LogP contribution in [0.4, 0.5) is 11.4 Å². The van der Waals surface area contributed by atoms with Crippen LogP contribution in [0, 0.1) is 0 Å². The van der Waals surface area contributed by atoms with E-state index in [4.69, 9.17) is 74.3 Å². The number of carbonyl (C=O) groups is 1. The fourth-order valence-corrected chi connectivity index (χ4v) is 10.7. The van der Waals surface area contributed by atoms with Crippen LogP contribution in [0.5, 0.6) is 0 Å². The van der Waals surface area contributed by atoms with Crippen LogP contribution < -0.4 is 55.8 Å². The number of aryl methyl sites for hydroxylation is 1. The van der Waals surface area contributed by atoms with Crippen LogP contribution in [-0.2, 0) is 35.5 Å². The Morgan fingerprint density at radius 2 is 1.21 bits per heavy atom. The van der Waals surface area contributed by atoms with Crippen molar-refractivity contribution in [3.63, 3.8) is 0 Å². The zero-order chi connectivity index (χ0) is 50.3. The van der Waals surface area contributed by atoms with E-state index < -0.39 is 116 Å². The second-order valence-corrected chi connectivity index (χ2v) is 19.6. The van der Waals surface area contributed by atoms with E-state index in [2.05, 4.69) is 9.88 Å². The highest BCUT2D eigenvalue weighted by Crippen LogP contribution is 2.37. The van der Waals surface area contributed by atoms with Crippen molar-refractivity contribution < 1.29 is 68.4 Å². The van der Waals surface area contributed by atoms with Gasteiger partial charge in [-0.25, -0.2) is 0 Å². The van der Waals surface area contributed by atoms with Crippen LogP contribution in [0.15, 0.2) is 60.7 Å². The van der Waals surface area contributed by atoms with Crippen molar-refractivity contribution in [2.75, 3.05) is 42.6 Å². The number of hydrogen-bond donors (Lipinski definition) is 15.